The summed E-state index contributed by atoms with van der Waals surface area (Å²) in [6.07, 6.45) is 1.49. The molecule has 2 rings (SSSR count). The zero-order chi connectivity index (χ0) is 10.3. The highest BCUT2D eigenvalue weighted by atomic mass is 35.5. The van der Waals surface area contributed by atoms with E-state index < -0.39 is 5.60 Å². The summed E-state index contributed by atoms with van der Waals surface area (Å²) in [5.41, 5.74) is -0.212. The fourth-order valence-corrected chi connectivity index (χ4v) is 2.01. The largest absolute Gasteiger partial charge is 0.385 e. The number of rotatable bonds is 0. The van der Waals surface area contributed by atoms with Crippen LogP contribution in [0.2, 0.25) is 5.15 Å². The van der Waals surface area contributed by atoms with Crippen LogP contribution in [0.3, 0.4) is 0 Å². The number of carbonyl (C=O) groups excluding carboxylic acids is 1. The van der Waals surface area contributed by atoms with Crippen molar-refractivity contribution in [2.75, 3.05) is 5.32 Å². The second-order valence-corrected chi connectivity index (χ2v) is 3.88. The number of amides is 1. The number of anilines is 1. The van der Waals surface area contributed by atoms with Crippen molar-refractivity contribution < 1.29 is 9.90 Å². The maximum absolute atomic E-state index is 11.2. The zero-order valence-electron chi connectivity index (χ0n) is 7.54. The van der Waals surface area contributed by atoms with Gasteiger partial charge in [0.1, 0.15) is 10.8 Å². The second kappa shape index (κ2) is 2.93. The highest BCUT2D eigenvalue weighted by Crippen LogP contribution is 2.38. The Hall–Kier alpha value is -1.13. The Morgan fingerprint density at radius 2 is 2.43 bits per heavy atom. The molecule has 0 saturated heterocycles. The molecule has 1 unspecified atom stereocenters. The van der Waals surface area contributed by atoms with E-state index in [2.05, 4.69) is 10.3 Å². The molecule has 2 N–H and O–H groups in total. The summed E-state index contributed by atoms with van der Waals surface area (Å²) in [4.78, 5) is 15.1. The number of hydrogen-bond acceptors (Lipinski definition) is 3. The van der Waals surface area contributed by atoms with Gasteiger partial charge in [-0.15, -0.1) is 0 Å². The number of hydrogen-bond donors (Lipinski definition) is 2. The van der Waals surface area contributed by atoms with Crippen LogP contribution in [0, 0.1) is 0 Å². The third-order valence-electron chi connectivity index (χ3n) is 2.22. The Morgan fingerprint density at radius 1 is 1.71 bits per heavy atom. The third kappa shape index (κ3) is 1.36. The van der Waals surface area contributed by atoms with Gasteiger partial charge in [0, 0.05) is 11.8 Å². The van der Waals surface area contributed by atoms with E-state index in [1.807, 2.05) is 0 Å². The fraction of sp³-hybridized carbons (Fsp3) is 0.333. The molecular weight excluding hydrogens is 204 g/mol. The van der Waals surface area contributed by atoms with Crippen molar-refractivity contribution in [1.29, 1.82) is 0 Å². The number of pyridine rings is 1. The molecule has 0 saturated carbocycles. The number of carbonyl (C=O) groups is 1. The van der Waals surface area contributed by atoms with E-state index in [1.165, 1.54) is 6.20 Å². The summed E-state index contributed by atoms with van der Waals surface area (Å²) in [5.74, 6) is -0.218. The molecule has 1 aromatic rings. The quantitative estimate of drug-likeness (QED) is 0.637. The smallest absolute Gasteiger partial charge is 0.227 e. The van der Waals surface area contributed by atoms with Gasteiger partial charge in [0.15, 0.2) is 0 Å². The van der Waals surface area contributed by atoms with Gasteiger partial charge in [0.25, 0.3) is 0 Å². The van der Waals surface area contributed by atoms with Crippen LogP contribution < -0.4 is 5.32 Å². The average Bonchev–Trinajstić information content (AvgIpc) is 2.00. The SMILES string of the molecule is CC1(O)CC(=O)Nc2ccnc(Cl)c21. The Bertz CT molecular complexity index is 404. The van der Waals surface area contributed by atoms with Gasteiger partial charge in [-0.05, 0) is 13.0 Å². The van der Waals surface area contributed by atoms with Crippen molar-refractivity contribution in [2.24, 2.45) is 0 Å². The second-order valence-electron chi connectivity index (χ2n) is 3.52. The van der Waals surface area contributed by atoms with E-state index in [-0.39, 0.29) is 17.5 Å². The molecule has 1 atom stereocenters. The minimum Gasteiger partial charge on any atom is -0.385 e. The van der Waals surface area contributed by atoms with Gasteiger partial charge in [0.05, 0.1) is 12.1 Å². The average molecular weight is 213 g/mol. The summed E-state index contributed by atoms with van der Waals surface area (Å²) in [6.45, 7) is 1.55. The molecule has 1 aliphatic heterocycles. The molecule has 1 aliphatic rings. The van der Waals surface area contributed by atoms with Crippen LogP contribution >= 0.6 is 11.6 Å². The Labute approximate surface area is 85.9 Å². The van der Waals surface area contributed by atoms with Crippen LogP contribution in [0.25, 0.3) is 0 Å². The van der Waals surface area contributed by atoms with Gasteiger partial charge in [-0.25, -0.2) is 4.98 Å². The van der Waals surface area contributed by atoms with Crippen LogP contribution in [-0.2, 0) is 10.4 Å². The lowest BCUT2D eigenvalue weighted by molar-refractivity contribution is -0.121. The number of aliphatic hydroxyl groups is 1. The monoisotopic (exact) mass is 212 g/mol. The number of nitrogens with one attached hydrogen (secondary N) is 1. The lowest BCUT2D eigenvalue weighted by Crippen LogP contribution is -2.35. The van der Waals surface area contributed by atoms with E-state index in [1.54, 1.807) is 13.0 Å². The molecule has 5 heteroatoms. The highest BCUT2D eigenvalue weighted by Gasteiger charge is 2.36. The van der Waals surface area contributed by atoms with Crippen molar-refractivity contribution in [3.05, 3.63) is 23.0 Å². The molecule has 0 radical (unpaired) electrons. The summed E-state index contributed by atoms with van der Waals surface area (Å²) in [7, 11) is 0. The summed E-state index contributed by atoms with van der Waals surface area (Å²) in [5, 5.41) is 12.9. The molecule has 4 nitrogen and oxygen atoms in total. The van der Waals surface area contributed by atoms with Crippen LogP contribution in [0.5, 0.6) is 0 Å². The number of nitrogens with zero attached hydrogens (tertiary/aromatic N) is 1. The van der Waals surface area contributed by atoms with E-state index in [9.17, 15) is 9.90 Å². The topological polar surface area (TPSA) is 62.2 Å². The van der Waals surface area contributed by atoms with Crippen LogP contribution in [-0.4, -0.2) is 16.0 Å². The van der Waals surface area contributed by atoms with Gasteiger partial charge in [-0.2, -0.15) is 0 Å². The van der Waals surface area contributed by atoms with Gasteiger partial charge in [-0.1, -0.05) is 11.6 Å². The lowest BCUT2D eigenvalue weighted by Gasteiger charge is -2.30. The van der Waals surface area contributed by atoms with Crippen molar-refractivity contribution in [1.82, 2.24) is 4.98 Å². The predicted molar refractivity (Wildman–Crippen MR) is 52.1 cm³/mol. The Balaban J connectivity index is 2.64. The minimum atomic E-state index is -1.23. The molecule has 74 valence electrons. The first-order valence-electron chi connectivity index (χ1n) is 4.18. The third-order valence-corrected chi connectivity index (χ3v) is 2.51. The van der Waals surface area contributed by atoms with E-state index in [0.29, 0.717) is 11.3 Å². The normalized spacial score (nSPS) is 25.5. The molecule has 1 amide bonds. The first-order chi connectivity index (χ1) is 6.50. The summed E-state index contributed by atoms with van der Waals surface area (Å²) in [6, 6.07) is 1.62. The molecule has 1 aromatic heterocycles. The van der Waals surface area contributed by atoms with Gasteiger partial charge < -0.3 is 10.4 Å². The predicted octanol–water partition coefficient (Wildman–Crippen LogP) is 1.28. The number of aromatic nitrogens is 1. The Kier molecular flexibility index (Phi) is 1.97. The summed E-state index contributed by atoms with van der Waals surface area (Å²) >= 11 is 5.85. The standard InChI is InChI=1S/C9H9ClN2O2/c1-9(14)4-6(13)12-5-2-3-11-8(10)7(5)9/h2-3,14H,4H2,1H3,(H,12,13). The number of fused-ring (bicyclic) bond motifs is 1. The van der Waals surface area contributed by atoms with E-state index in [4.69, 9.17) is 11.6 Å². The fourth-order valence-electron chi connectivity index (χ4n) is 1.65. The van der Waals surface area contributed by atoms with Crippen molar-refractivity contribution in [3.8, 4) is 0 Å². The zero-order valence-corrected chi connectivity index (χ0v) is 8.30. The van der Waals surface area contributed by atoms with Crippen LogP contribution in [0.4, 0.5) is 5.69 Å². The molecule has 0 fully saturated rings. The van der Waals surface area contributed by atoms with Crippen molar-refractivity contribution in [2.45, 2.75) is 18.9 Å². The molecule has 0 bridgehead atoms. The lowest BCUT2D eigenvalue weighted by atomic mass is 9.89. The molecule has 14 heavy (non-hydrogen) atoms. The van der Waals surface area contributed by atoms with Crippen molar-refractivity contribution >= 4 is 23.2 Å². The van der Waals surface area contributed by atoms with Crippen LogP contribution in [0.1, 0.15) is 18.9 Å². The highest BCUT2D eigenvalue weighted by molar-refractivity contribution is 6.30. The molecule has 0 aliphatic carbocycles. The van der Waals surface area contributed by atoms with Crippen LogP contribution in [0.15, 0.2) is 12.3 Å². The molecule has 0 spiro atoms. The van der Waals surface area contributed by atoms with E-state index >= 15 is 0 Å². The molecular formula is C9H9ClN2O2. The minimum absolute atomic E-state index is 0.00537. The maximum atomic E-state index is 11.2. The summed E-state index contributed by atoms with van der Waals surface area (Å²) < 4.78 is 0. The van der Waals surface area contributed by atoms with Crippen molar-refractivity contribution in [3.63, 3.8) is 0 Å². The molecule has 0 aromatic carbocycles. The first kappa shape index (κ1) is 9.43. The van der Waals surface area contributed by atoms with Gasteiger partial charge in [-0.3, -0.25) is 4.79 Å². The molecule has 2 heterocycles. The number of halogens is 1. The maximum Gasteiger partial charge on any atom is 0.227 e. The van der Waals surface area contributed by atoms with Gasteiger partial charge in [0.2, 0.25) is 5.91 Å². The van der Waals surface area contributed by atoms with Gasteiger partial charge >= 0.3 is 0 Å². The Morgan fingerprint density at radius 3 is 3.14 bits per heavy atom. The first-order valence-corrected chi connectivity index (χ1v) is 4.56. The van der Waals surface area contributed by atoms with E-state index in [0.717, 1.165) is 0 Å².